The fourth-order valence-electron chi connectivity index (χ4n) is 3.75. The minimum atomic E-state index is 0.771. The smallest absolute Gasteiger partial charge is 0.227 e. The van der Waals surface area contributed by atoms with Crippen molar-refractivity contribution in [1.82, 2.24) is 15.0 Å². The molecule has 4 rings (SSSR count). The average molecular weight is 374 g/mol. The van der Waals surface area contributed by atoms with E-state index >= 15 is 0 Å². The Labute approximate surface area is 166 Å². The Kier molecular flexibility index (Phi) is 5.10. The minimum Gasteiger partial charge on any atom is -0.353 e. The predicted molar refractivity (Wildman–Crippen MR) is 115 cm³/mol. The summed E-state index contributed by atoms with van der Waals surface area (Å²) < 4.78 is 0. The van der Waals surface area contributed by atoms with E-state index in [1.54, 1.807) is 0 Å². The Morgan fingerprint density at radius 2 is 1.54 bits per heavy atom. The van der Waals surface area contributed by atoms with Gasteiger partial charge < -0.3 is 15.1 Å². The molecule has 1 saturated heterocycles. The summed E-state index contributed by atoms with van der Waals surface area (Å²) in [4.78, 5) is 18.3. The summed E-state index contributed by atoms with van der Waals surface area (Å²) >= 11 is 0. The molecule has 0 atom stereocenters. The molecule has 0 radical (unpaired) electrons. The van der Waals surface area contributed by atoms with Crippen molar-refractivity contribution in [2.75, 3.05) is 41.3 Å². The van der Waals surface area contributed by atoms with Crippen LogP contribution >= 0.6 is 0 Å². The van der Waals surface area contributed by atoms with E-state index in [0.717, 1.165) is 49.5 Å². The highest BCUT2D eigenvalue weighted by Gasteiger charge is 2.20. The molecule has 6 nitrogen and oxygen atoms in total. The first-order chi connectivity index (χ1) is 13.6. The normalized spacial score (nSPS) is 14.2. The molecule has 0 saturated carbocycles. The lowest BCUT2D eigenvalue weighted by Crippen LogP contribution is -2.47. The summed E-state index contributed by atoms with van der Waals surface area (Å²) in [5.41, 5.74) is 4.84. The maximum atomic E-state index is 4.76. The van der Waals surface area contributed by atoms with Gasteiger partial charge in [0.15, 0.2) is 0 Å². The van der Waals surface area contributed by atoms with Crippen molar-refractivity contribution < 1.29 is 0 Å². The summed E-state index contributed by atoms with van der Waals surface area (Å²) in [7, 11) is 0. The van der Waals surface area contributed by atoms with Gasteiger partial charge in [-0.2, -0.15) is 4.98 Å². The van der Waals surface area contributed by atoms with Crippen LogP contribution in [0.5, 0.6) is 0 Å². The van der Waals surface area contributed by atoms with E-state index in [9.17, 15) is 0 Å². The fourth-order valence-corrected chi connectivity index (χ4v) is 3.75. The minimum absolute atomic E-state index is 0.771. The predicted octanol–water partition coefficient (Wildman–Crippen LogP) is 3.87. The van der Waals surface area contributed by atoms with E-state index in [4.69, 9.17) is 4.98 Å². The van der Waals surface area contributed by atoms with Gasteiger partial charge in [-0.1, -0.05) is 23.8 Å². The lowest BCUT2D eigenvalue weighted by atomic mass is 10.1. The third-order valence-corrected chi connectivity index (χ3v) is 5.11. The molecule has 1 aliphatic heterocycles. The van der Waals surface area contributed by atoms with Gasteiger partial charge in [0.05, 0.1) is 0 Å². The largest absolute Gasteiger partial charge is 0.353 e. The summed E-state index contributed by atoms with van der Waals surface area (Å²) in [5, 5.41) is 3.48. The maximum Gasteiger partial charge on any atom is 0.227 e. The molecule has 28 heavy (non-hydrogen) atoms. The Morgan fingerprint density at radius 3 is 2.21 bits per heavy atom. The van der Waals surface area contributed by atoms with Gasteiger partial charge in [-0.05, 0) is 50.1 Å². The molecule has 0 spiro atoms. The van der Waals surface area contributed by atoms with Gasteiger partial charge in [0.2, 0.25) is 5.95 Å². The summed E-state index contributed by atoms with van der Waals surface area (Å²) in [6, 6.07) is 12.3. The number of aromatic nitrogens is 3. The zero-order valence-corrected chi connectivity index (χ0v) is 16.7. The number of rotatable bonds is 4. The Balaban J connectivity index is 1.46. The lowest BCUT2D eigenvalue weighted by Gasteiger charge is -2.35. The summed E-state index contributed by atoms with van der Waals surface area (Å²) in [6.45, 7) is 9.95. The molecule has 2 aromatic heterocycles. The SMILES string of the molecule is Cc1cc(C)c(Nc2ccnc(N3CCN(c4ccccn4)CC3)n2)c(C)c1. The number of hydrogen-bond acceptors (Lipinski definition) is 6. The van der Waals surface area contributed by atoms with Gasteiger partial charge in [0.1, 0.15) is 11.6 Å². The molecule has 0 bridgehead atoms. The maximum absolute atomic E-state index is 4.76. The first-order valence-electron chi connectivity index (χ1n) is 9.69. The number of hydrogen-bond donors (Lipinski definition) is 1. The molecular weight excluding hydrogens is 348 g/mol. The standard InChI is InChI=1S/C22H26N6/c1-16-14-17(2)21(18(3)15-16)25-19-7-9-24-22(26-19)28-12-10-27(11-13-28)20-6-4-5-8-23-20/h4-9,14-15H,10-13H2,1-3H3,(H,24,25,26). The van der Waals surface area contributed by atoms with E-state index in [1.165, 1.54) is 16.7 Å². The number of pyridine rings is 1. The van der Waals surface area contributed by atoms with E-state index in [0.29, 0.717) is 0 Å². The van der Waals surface area contributed by atoms with Crippen molar-refractivity contribution in [2.24, 2.45) is 0 Å². The number of anilines is 4. The topological polar surface area (TPSA) is 57.2 Å². The van der Waals surface area contributed by atoms with Crippen LogP contribution in [0.4, 0.5) is 23.3 Å². The van der Waals surface area contributed by atoms with Crippen LogP contribution < -0.4 is 15.1 Å². The molecule has 1 aromatic carbocycles. The van der Waals surface area contributed by atoms with Crippen molar-refractivity contribution in [3.63, 3.8) is 0 Å². The molecule has 3 aromatic rings. The van der Waals surface area contributed by atoms with Gasteiger partial charge in [-0.15, -0.1) is 0 Å². The number of piperazine rings is 1. The Hall–Kier alpha value is -3.15. The zero-order chi connectivity index (χ0) is 19.5. The van der Waals surface area contributed by atoms with Gasteiger partial charge in [0, 0.05) is 44.3 Å². The summed E-state index contributed by atoms with van der Waals surface area (Å²) in [6.07, 6.45) is 3.67. The van der Waals surface area contributed by atoms with Gasteiger partial charge in [0.25, 0.3) is 0 Å². The lowest BCUT2D eigenvalue weighted by molar-refractivity contribution is 0.635. The Morgan fingerprint density at radius 1 is 0.821 bits per heavy atom. The quantitative estimate of drug-likeness (QED) is 0.748. The average Bonchev–Trinajstić information content (AvgIpc) is 2.72. The van der Waals surface area contributed by atoms with Crippen molar-refractivity contribution in [3.05, 3.63) is 65.5 Å². The molecule has 0 unspecified atom stereocenters. The van der Waals surface area contributed by atoms with Crippen LogP contribution in [0.1, 0.15) is 16.7 Å². The van der Waals surface area contributed by atoms with E-state index < -0.39 is 0 Å². The number of aryl methyl sites for hydroxylation is 3. The van der Waals surface area contributed by atoms with Crippen LogP contribution in [0.25, 0.3) is 0 Å². The fraction of sp³-hybridized carbons (Fsp3) is 0.318. The first kappa shape index (κ1) is 18.2. The molecule has 1 fully saturated rings. The molecule has 0 amide bonds. The van der Waals surface area contributed by atoms with Crippen LogP contribution in [0.15, 0.2) is 48.8 Å². The summed E-state index contributed by atoms with van der Waals surface area (Å²) in [5.74, 6) is 2.63. The van der Waals surface area contributed by atoms with E-state index in [1.807, 2.05) is 30.6 Å². The van der Waals surface area contributed by atoms with Crippen LogP contribution in [-0.4, -0.2) is 41.1 Å². The van der Waals surface area contributed by atoms with E-state index in [2.05, 4.69) is 64.1 Å². The number of benzene rings is 1. The highest BCUT2D eigenvalue weighted by atomic mass is 15.3. The zero-order valence-electron chi connectivity index (χ0n) is 16.7. The highest BCUT2D eigenvalue weighted by Crippen LogP contribution is 2.26. The van der Waals surface area contributed by atoms with Crippen molar-refractivity contribution in [3.8, 4) is 0 Å². The number of nitrogens with one attached hydrogen (secondary N) is 1. The monoisotopic (exact) mass is 374 g/mol. The van der Waals surface area contributed by atoms with Crippen molar-refractivity contribution in [2.45, 2.75) is 20.8 Å². The van der Waals surface area contributed by atoms with Crippen LogP contribution in [-0.2, 0) is 0 Å². The van der Waals surface area contributed by atoms with Crippen LogP contribution in [0.3, 0.4) is 0 Å². The van der Waals surface area contributed by atoms with Crippen molar-refractivity contribution in [1.29, 1.82) is 0 Å². The first-order valence-corrected chi connectivity index (χ1v) is 9.69. The molecule has 1 aliphatic rings. The second kappa shape index (κ2) is 7.84. The Bertz CT molecular complexity index is 925. The third-order valence-electron chi connectivity index (χ3n) is 5.11. The van der Waals surface area contributed by atoms with E-state index in [-0.39, 0.29) is 0 Å². The molecule has 144 valence electrons. The highest BCUT2D eigenvalue weighted by molar-refractivity contribution is 5.65. The molecular formula is C22H26N6. The number of nitrogens with zero attached hydrogens (tertiary/aromatic N) is 5. The van der Waals surface area contributed by atoms with Crippen molar-refractivity contribution >= 4 is 23.3 Å². The molecule has 0 aliphatic carbocycles. The van der Waals surface area contributed by atoms with Crippen LogP contribution in [0.2, 0.25) is 0 Å². The van der Waals surface area contributed by atoms with Gasteiger partial charge in [-0.3, -0.25) is 0 Å². The molecule has 3 heterocycles. The third kappa shape index (κ3) is 3.91. The second-order valence-corrected chi connectivity index (χ2v) is 7.30. The molecule has 1 N–H and O–H groups in total. The molecule has 6 heteroatoms. The second-order valence-electron chi connectivity index (χ2n) is 7.30. The van der Waals surface area contributed by atoms with Gasteiger partial charge >= 0.3 is 0 Å². The van der Waals surface area contributed by atoms with Gasteiger partial charge in [-0.25, -0.2) is 9.97 Å². The van der Waals surface area contributed by atoms with Crippen LogP contribution in [0, 0.1) is 20.8 Å².